The molecule has 1 N–H and O–H groups in total. The fourth-order valence-corrected chi connectivity index (χ4v) is 2.30. The number of nitrogens with zero attached hydrogens (tertiary/aromatic N) is 1. The van der Waals surface area contributed by atoms with Gasteiger partial charge < -0.3 is 10.1 Å². The van der Waals surface area contributed by atoms with E-state index in [4.69, 9.17) is 0 Å². The van der Waals surface area contributed by atoms with Gasteiger partial charge in [0.15, 0.2) is 16.8 Å². The maximum atomic E-state index is 13.5. The van der Waals surface area contributed by atoms with Gasteiger partial charge in [0.1, 0.15) is 5.82 Å². The van der Waals surface area contributed by atoms with Gasteiger partial charge in [0.2, 0.25) is 0 Å². The Hall–Kier alpha value is -2.09. The Balaban J connectivity index is 2.06. The zero-order valence-corrected chi connectivity index (χ0v) is 11.8. The second kappa shape index (κ2) is 6.57. The van der Waals surface area contributed by atoms with E-state index in [1.54, 1.807) is 5.38 Å². The van der Waals surface area contributed by atoms with Gasteiger partial charge in [-0.3, -0.25) is 4.79 Å². The van der Waals surface area contributed by atoms with E-state index in [9.17, 15) is 18.0 Å². The van der Waals surface area contributed by atoms with Crippen molar-refractivity contribution in [3.63, 3.8) is 0 Å². The van der Waals surface area contributed by atoms with E-state index in [2.05, 4.69) is 15.0 Å². The van der Waals surface area contributed by atoms with E-state index in [1.165, 1.54) is 18.4 Å². The Kier molecular flexibility index (Phi) is 4.79. The fourth-order valence-electron chi connectivity index (χ4n) is 1.54. The molecule has 0 aliphatic rings. The normalized spacial score (nSPS) is 10.5. The summed E-state index contributed by atoms with van der Waals surface area (Å²) in [5.74, 6) is -3.68. The minimum absolute atomic E-state index is 0.180. The predicted molar refractivity (Wildman–Crippen MR) is 72.0 cm³/mol. The molecule has 0 aliphatic carbocycles. The number of thiazole rings is 1. The second-order valence-electron chi connectivity index (χ2n) is 4.09. The van der Waals surface area contributed by atoms with Gasteiger partial charge in [-0.2, -0.15) is 0 Å². The summed E-state index contributed by atoms with van der Waals surface area (Å²) < 4.78 is 43.9. The summed E-state index contributed by atoms with van der Waals surface area (Å²) >= 11 is 1.17. The Bertz CT molecular complexity index is 661. The monoisotopic (exact) mass is 316 g/mol. The Morgan fingerprint density at radius 2 is 2.00 bits per heavy atom. The summed E-state index contributed by atoms with van der Waals surface area (Å²) in [5, 5.41) is 4.57. The van der Waals surface area contributed by atoms with Crippen LogP contribution in [0.3, 0.4) is 0 Å². The van der Waals surface area contributed by atoms with Gasteiger partial charge in [-0.15, -0.1) is 11.3 Å². The number of benzene rings is 1. The molecule has 0 atom stereocenters. The van der Waals surface area contributed by atoms with Crippen molar-refractivity contribution < 1.29 is 22.7 Å². The molecule has 1 aromatic heterocycles. The molecule has 0 bridgehead atoms. The summed E-state index contributed by atoms with van der Waals surface area (Å²) in [6.45, 7) is 0. The van der Waals surface area contributed by atoms with Crippen LogP contribution in [0.25, 0.3) is 0 Å². The maximum Gasteiger partial charge on any atom is 0.305 e. The molecule has 0 radical (unpaired) electrons. The molecule has 21 heavy (non-hydrogen) atoms. The van der Waals surface area contributed by atoms with Crippen LogP contribution in [0, 0.1) is 17.5 Å². The number of anilines is 2. The smallest absolute Gasteiger partial charge is 0.305 e. The van der Waals surface area contributed by atoms with Crippen molar-refractivity contribution in [2.75, 3.05) is 12.4 Å². The van der Waals surface area contributed by atoms with Gasteiger partial charge in [0, 0.05) is 23.9 Å². The molecule has 0 amide bonds. The topological polar surface area (TPSA) is 51.2 Å². The first kappa shape index (κ1) is 15.3. The number of aryl methyl sites for hydroxylation is 1. The zero-order chi connectivity index (χ0) is 15.4. The lowest BCUT2D eigenvalue weighted by atomic mass is 10.2. The third-order valence-corrected chi connectivity index (χ3v) is 3.42. The summed E-state index contributed by atoms with van der Waals surface area (Å²) in [4.78, 5) is 15.1. The molecule has 0 spiro atoms. The van der Waals surface area contributed by atoms with Gasteiger partial charge in [0.05, 0.1) is 24.9 Å². The van der Waals surface area contributed by atoms with E-state index in [1.807, 2.05) is 0 Å². The number of rotatable bonds is 5. The molecule has 0 saturated carbocycles. The molecule has 0 unspecified atom stereocenters. The SMILES string of the molecule is COC(=O)CCc1csc(Nc2cc(F)c(F)cc2F)n1. The molecular weight excluding hydrogens is 305 g/mol. The average Bonchev–Trinajstić information content (AvgIpc) is 2.89. The summed E-state index contributed by atoms with van der Waals surface area (Å²) in [6.07, 6.45) is 0.560. The van der Waals surface area contributed by atoms with Gasteiger partial charge in [-0.25, -0.2) is 18.2 Å². The minimum atomic E-state index is -1.25. The molecule has 8 heteroatoms. The van der Waals surface area contributed by atoms with Crippen molar-refractivity contribution in [2.24, 2.45) is 0 Å². The van der Waals surface area contributed by atoms with E-state index in [0.29, 0.717) is 23.3 Å². The Morgan fingerprint density at radius 1 is 1.29 bits per heavy atom. The lowest BCUT2D eigenvalue weighted by molar-refractivity contribution is -0.140. The predicted octanol–water partition coefficient (Wildman–Crippen LogP) is 3.41. The molecular formula is C13H11F3N2O2S. The minimum Gasteiger partial charge on any atom is -0.469 e. The largest absolute Gasteiger partial charge is 0.469 e. The standard InChI is InChI=1S/C13H11F3N2O2S/c1-20-12(19)3-2-7-6-21-13(17-7)18-11-5-9(15)8(14)4-10(11)16/h4-6H,2-3H2,1H3,(H,17,18). The second-order valence-corrected chi connectivity index (χ2v) is 4.95. The first-order chi connectivity index (χ1) is 9.99. The van der Waals surface area contributed by atoms with E-state index < -0.39 is 17.5 Å². The van der Waals surface area contributed by atoms with Crippen LogP contribution >= 0.6 is 11.3 Å². The van der Waals surface area contributed by atoms with Crippen molar-refractivity contribution in [1.29, 1.82) is 0 Å². The van der Waals surface area contributed by atoms with E-state index >= 15 is 0 Å². The summed E-state index contributed by atoms with van der Waals surface area (Å²) in [7, 11) is 1.29. The molecule has 1 heterocycles. The van der Waals surface area contributed by atoms with Gasteiger partial charge in [-0.1, -0.05) is 0 Å². The van der Waals surface area contributed by atoms with Gasteiger partial charge >= 0.3 is 5.97 Å². The molecule has 0 saturated heterocycles. The highest BCUT2D eigenvalue weighted by atomic mass is 32.1. The van der Waals surface area contributed by atoms with Crippen LogP contribution in [0.1, 0.15) is 12.1 Å². The van der Waals surface area contributed by atoms with E-state index in [-0.39, 0.29) is 18.1 Å². The van der Waals surface area contributed by atoms with E-state index in [0.717, 1.165) is 6.07 Å². The number of hydrogen-bond acceptors (Lipinski definition) is 5. The van der Waals surface area contributed by atoms with Crippen LogP contribution in [0.15, 0.2) is 17.5 Å². The summed E-state index contributed by atoms with van der Waals surface area (Å²) in [6, 6.07) is 1.18. The molecule has 0 aliphatic heterocycles. The Labute approximate surface area is 122 Å². The number of esters is 1. The number of aromatic nitrogens is 1. The number of methoxy groups -OCH3 is 1. The van der Waals surface area contributed by atoms with Crippen LogP contribution < -0.4 is 5.32 Å². The van der Waals surface area contributed by atoms with Crippen molar-refractivity contribution in [1.82, 2.24) is 4.98 Å². The highest BCUT2D eigenvalue weighted by Gasteiger charge is 2.12. The highest BCUT2D eigenvalue weighted by molar-refractivity contribution is 7.13. The molecule has 4 nitrogen and oxygen atoms in total. The van der Waals surface area contributed by atoms with Crippen LogP contribution in [-0.2, 0) is 16.0 Å². The number of hydrogen-bond donors (Lipinski definition) is 1. The van der Waals surface area contributed by atoms with Crippen molar-refractivity contribution in [3.8, 4) is 0 Å². The molecule has 2 aromatic rings. The molecule has 2 rings (SSSR count). The van der Waals surface area contributed by atoms with Crippen molar-refractivity contribution in [3.05, 3.63) is 40.7 Å². The van der Waals surface area contributed by atoms with Gasteiger partial charge in [0.25, 0.3) is 0 Å². The summed E-state index contributed by atoms with van der Waals surface area (Å²) in [5.41, 5.74) is 0.415. The van der Waals surface area contributed by atoms with Crippen molar-refractivity contribution >= 4 is 28.1 Å². The van der Waals surface area contributed by atoms with Crippen LogP contribution in [0.4, 0.5) is 24.0 Å². The third-order valence-electron chi connectivity index (χ3n) is 2.62. The van der Waals surface area contributed by atoms with Gasteiger partial charge in [-0.05, 0) is 0 Å². The average molecular weight is 316 g/mol. The zero-order valence-electron chi connectivity index (χ0n) is 11.0. The number of carbonyl (C=O) groups excluding carboxylic acids is 1. The van der Waals surface area contributed by atoms with Crippen LogP contribution in [0.5, 0.6) is 0 Å². The quantitative estimate of drug-likeness (QED) is 0.678. The Morgan fingerprint density at radius 3 is 2.71 bits per heavy atom. The fraction of sp³-hybridized carbons (Fsp3) is 0.231. The number of halogens is 3. The number of carbonyl (C=O) groups is 1. The van der Waals surface area contributed by atoms with Crippen LogP contribution in [-0.4, -0.2) is 18.1 Å². The van der Waals surface area contributed by atoms with Crippen LogP contribution in [0.2, 0.25) is 0 Å². The molecule has 112 valence electrons. The number of nitrogens with one attached hydrogen (secondary N) is 1. The molecule has 1 aromatic carbocycles. The first-order valence-corrected chi connectivity index (χ1v) is 6.80. The lowest BCUT2D eigenvalue weighted by Gasteiger charge is -2.04. The lowest BCUT2D eigenvalue weighted by Crippen LogP contribution is -2.02. The third kappa shape index (κ3) is 3.94. The first-order valence-electron chi connectivity index (χ1n) is 5.92. The maximum absolute atomic E-state index is 13.5. The number of ether oxygens (including phenoxy) is 1. The molecule has 0 fully saturated rings. The van der Waals surface area contributed by atoms with Crippen molar-refractivity contribution in [2.45, 2.75) is 12.8 Å². The highest BCUT2D eigenvalue weighted by Crippen LogP contribution is 2.25.